The number of ether oxygens (including phenoxy) is 1. The lowest BCUT2D eigenvalue weighted by Crippen LogP contribution is -2.33. The summed E-state index contributed by atoms with van der Waals surface area (Å²) >= 11 is 0. The highest BCUT2D eigenvalue weighted by molar-refractivity contribution is 5.78. The first-order valence-corrected chi connectivity index (χ1v) is 9.72. The number of hydrogen-bond acceptors (Lipinski definition) is 4. The minimum absolute atomic E-state index is 0.117. The van der Waals surface area contributed by atoms with Crippen LogP contribution in [0.25, 0.3) is 11.1 Å². The van der Waals surface area contributed by atoms with E-state index in [2.05, 4.69) is 10.1 Å². The molecular weight excluding hydrogens is 390 g/mol. The molecule has 1 atom stereocenters. The van der Waals surface area contributed by atoms with E-state index in [4.69, 9.17) is 4.74 Å². The van der Waals surface area contributed by atoms with E-state index >= 15 is 0 Å². The zero-order chi connectivity index (χ0) is 21.3. The Morgan fingerprint density at radius 1 is 1.23 bits per heavy atom. The van der Waals surface area contributed by atoms with Gasteiger partial charge < -0.3 is 9.64 Å². The van der Waals surface area contributed by atoms with Crippen LogP contribution in [-0.4, -0.2) is 45.3 Å². The second kappa shape index (κ2) is 8.22. The van der Waals surface area contributed by atoms with Gasteiger partial charge in [0, 0.05) is 55.3 Å². The molecule has 3 aromatic rings. The minimum atomic E-state index is -0.825. The maximum atomic E-state index is 13.7. The van der Waals surface area contributed by atoms with Crippen LogP contribution in [0.3, 0.4) is 0 Å². The Labute approximate surface area is 173 Å². The Morgan fingerprint density at radius 3 is 2.80 bits per heavy atom. The van der Waals surface area contributed by atoms with Crippen molar-refractivity contribution >= 4 is 5.91 Å². The van der Waals surface area contributed by atoms with E-state index in [9.17, 15) is 13.6 Å². The normalized spacial score (nSPS) is 16.1. The number of aromatic nitrogens is 3. The fraction of sp³-hybridized carbons (Fsp3) is 0.318. The van der Waals surface area contributed by atoms with E-state index in [-0.39, 0.29) is 24.2 Å². The number of carbonyl (C=O) groups excluding carboxylic acids is 1. The van der Waals surface area contributed by atoms with Crippen LogP contribution in [0.2, 0.25) is 0 Å². The molecule has 8 heteroatoms. The van der Waals surface area contributed by atoms with Crippen LogP contribution in [-0.2, 0) is 11.8 Å². The standard InChI is InChI=1S/C22H22F2N4O2/c1-14-7-16(17-10-25-27(2)11-17)8-20(26-14)15-5-6-28(12-15)22(29)13-30-21-4-3-18(23)9-19(21)24/h3-4,7-11,15H,5-6,12-13H2,1-2H3. The molecule has 0 radical (unpaired) electrons. The molecule has 0 N–H and O–H groups in total. The molecule has 0 aliphatic carbocycles. The van der Waals surface area contributed by atoms with Gasteiger partial charge in [-0.3, -0.25) is 14.5 Å². The van der Waals surface area contributed by atoms with Gasteiger partial charge in [-0.15, -0.1) is 0 Å². The third-order valence-corrected chi connectivity index (χ3v) is 5.22. The molecule has 1 fully saturated rings. The van der Waals surface area contributed by atoms with Crippen molar-refractivity contribution < 1.29 is 18.3 Å². The fourth-order valence-corrected chi connectivity index (χ4v) is 3.69. The van der Waals surface area contributed by atoms with Crippen molar-refractivity contribution in [2.45, 2.75) is 19.3 Å². The maximum absolute atomic E-state index is 13.7. The topological polar surface area (TPSA) is 60.2 Å². The average Bonchev–Trinajstić information content (AvgIpc) is 3.36. The lowest BCUT2D eigenvalue weighted by atomic mass is 10.00. The number of aryl methyl sites for hydroxylation is 2. The van der Waals surface area contributed by atoms with Gasteiger partial charge in [0.1, 0.15) is 5.82 Å². The monoisotopic (exact) mass is 412 g/mol. The van der Waals surface area contributed by atoms with Gasteiger partial charge in [-0.1, -0.05) is 0 Å². The summed E-state index contributed by atoms with van der Waals surface area (Å²) in [5.41, 5.74) is 3.91. The Kier molecular flexibility index (Phi) is 5.48. The van der Waals surface area contributed by atoms with Crippen LogP contribution in [0.5, 0.6) is 5.75 Å². The Hall–Kier alpha value is -3.29. The summed E-state index contributed by atoms with van der Waals surface area (Å²) in [5, 5.41) is 4.22. The highest BCUT2D eigenvalue weighted by atomic mass is 19.1. The Balaban J connectivity index is 1.41. The number of halogens is 2. The van der Waals surface area contributed by atoms with Crippen molar-refractivity contribution in [3.8, 4) is 16.9 Å². The van der Waals surface area contributed by atoms with Gasteiger partial charge in [-0.25, -0.2) is 8.78 Å². The molecule has 0 saturated carbocycles. The molecule has 0 spiro atoms. The number of hydrogen-bond donors (Lipinski definition) is 0. The number of pyridine rings is 1. The van der Waals surface area contributed by atoms with Crippen LogP contribution < -0.4 is 4.74 Å². The number of rotatable bonds is 5. The molecular formula is C22H22F2N4O2. The zero-order valence-corrected chi connectivity index (χ0v) is 16.8. The molecule has 1 saturated heterocycles. The first kappa shape index (κ1) is 20.0. The smallest absolute Gasteiger partial charge is 0.260 e. The molecule has 2 aromatic heterocycles. The molecule has 3 heterocycles. The van der Waals surface area contributed by atoms with Gasteiger partial charge in [-0.05, 0) is 43.2 Å². The van der Waals surface area contributed by atoms with Gasteiger partial charge in [0.05, 0.1) is 6.20 Å². The van der Waals surface area contributed by atoms with Gasteiger partial charge in [-0.2, -0.15) is 5.10 Å². The van der Waals surface area contributed by atoms with Gasteiger partial charge >= 0.3 is 0 Å². The summed E-state index contributed by atoms with van der Waals surface area (Å²) in [5.74, 6) is -1.77. The van der Waals surface area contributed by atoms with Crippen molar-refractivity contribution in [1.82, 2.24) is 19.7 Å². The van der Waals surface area contributed by atoms with E-state index in [0.717, 1.165) is 41.1 Å². The molecule has 0 bridgehead atoms. The zero-order valence-electron chi connectivity index (χ0n) is 16.8. The summed E-state index contributed by atoms with van der Waals surface area (Å²) in [6.07, 6.45) is 4.56. The van der Waals surface area contributed by atoms with Crippen LogP contribution in [0, 0.1) is 18.6 Å². The number of benzene rings is 1. The van der Waals surface area contributed by atoms with Gasteiger partial charge in [0.25, 0.3) is 5.91 Å². The summed E-state index contributed by atoms with van der Waals surface area (Å²) in [7, 11) is 1.87. The Bertz CT molecular complexity index is 1080. The second-order valence-corrected chi connectivity index (χ2v) is 7.51. The molecule has 1 unspecified atom stereocenters. The number of likely N-dealkylation sites (tertiary alicyclic amines) is 1. The first-order valence-electron chi connectivity index (χ1n) is 9.72. The molecule has 4 rings (SSSR count). The lowest BCUT2D eigenvalue weighted by Gasteiger charge is -2.17. The molecule has 156 valence electrons. The van der Waals surface area contributed by atoms with Gasteiger partial charge in [0.2, 0.25) is 0 Å². The Morgan fingerprint density at radius 2 is 2.07 bits per heavy atom. The molecule has 1 aromatic carbocycles. The van der Waals surface area contributed by atoms with Crippen LogP contribution in [0.4, 0.5) is 8.78 Å². The molecule has 1 aliphatic rings. The molecule has 1 amide bonds. The molecule has 1 aliphatic heterocycles. The number of amides is 1. The molecule has 30 heavy (non-hydrogen) atoms. The summed E-state index contributed by atoms with van der Waals surface area (Å²) in [6.45, 7) is 2.76. The van der Waals surface area contributed by atoms with E-state index in [1.165, 1.54) is 6.07 Å². The SMILES string of the molecule is Cc1cc(-c2cnn(C)c2)cc(C2CCN(C(=O)COc3ccc(F)cc3F)C2)n1. The van der Waals surface area contributed by atoms with E-state index < -0.39 is 11.6 Å². The first-order chi connectivity index (χ1) is 14.4. The van der Waals surface area contributed by atoms with Crippen molar-refractivity contribution in [2.75, 3.05) is 19.7 Å². The highest BCUT2D eigenvalue weighted by Crippen LogP contribution is 2.30. The van der Waals surface area contributed by atoms with Gasteiger partial charge in [0.15, 0.2) is 18.2 Å². The third kappa shape index (κ3) is 4.32. The number of carbonyl (C=O) groups is 1. The highest BCUT2D eigenvalue weighted by Gasteiger charge is 2.29. The van der Waals surface area contributed by atoms with Crippen molar-refractivity contribution in [1.29, 1.82) is 0 Å². The van der Waals surface area contributed by atoms with Crippen molar-refractivity contribution in [3.63, 3.8) is 0 Å². The molecule has 6 nitrogen and oxygen atoms in total. The summed E-state index contributed by atoms with van der Waals surface area (Å²) < 4.78 is 33.7. The van der Waals surface area contributed by atoms with Crippen LogP contribution in [0.1, 0.15) is 23.7 Å². The van der Waals surface area contributed by atoms with Crippen LogP contribution >= 0.6 is 0 Å². The second-order valence-electron chi connectivity index (χ2n) is 7.51. The largest absolute Gasteiger partial charge is 0.481 e. The predicted molar refractivity (Wildman–Crippen MR) is 107 cm³/mol. The summed E-state index contributed by atoms with van der Waals surface area (Å²) in [4.78, 5) is 18.9. The quantitative estimate of drug-likeness (QED) is 0.644. The minimum Gasteiger partial charge on any atom is -0.481 e. The van der Waals surface area contributed by atoms with E-state index in [1.807, 2.05) is 38.5 Å². The summed E-state index contributed by atoms with van der Waals surface area (Å²) in [6, 6.07) is 7.07. The average molecular weight is 412 g/mol. The predicted octanol–water partition coefficient (Wildman–Crippen LogP) is 3.46. The lowest BCUT2D eigenvalue weighted by molar-refractivity contribution is -0.132. The van der Waals surface area contributed by atoms with Crippen LogP contribution in [0.15, 0.2) is 42.7 Å². The maximum Gasteiger partial charge on any atom is 0.260 e. The number of nitrogens with zero attached hydrogens (tertiary/aromatic N) is 4. The third-order valence-electron chi connectivity index (χ3n) is 5.22. The van der Waals surface area contributed by atoms with E-state index in [0.29, 0.717) is 13.1 Å². The van der Waals surface area contributed by atoms with Crippen molar-refractivity contribution in [3.05, 3.63) is 65.7 Å². The fourth-order valence-electron chi connectivity index (χ4n) is 3.69. The van der Waals surface area contributed by atoms with Crippen molar-refractivity contribution in [2.24, 2.45) is 7.05 Å². The van der Waals surface area contributed by atoms with E-state index in [1.54, 1.807) is 9.58 Å².